The van der Waals surface area contributed by atoms with Crippen molar-refractivity contribution in [2.24, 2.45) is 0 Å². The van der Waals surface area contributed by atoms with Gasteiger partial charge in [-0.1, -0.05) is 134 Å². The average molecular weight is 742 g/mol. The van der Waals surface area contributed by atoms with Gasteiger partial charge < -0.3 is 27.9 Å². The van der Waals surface area contributed by atoms with Crippen LogP contribution < -0.4 is 4.89 Å². The second kappa shape index (κ2) is 35.7. The van der Waals surface area contributed by atoms with Crippen molar-refractivity contribution in [3.8, 4) is 0 Å². The van der Waals surface area contributed by atoms with Crippen LogP contribution >= 0.6 is 7.82 Å². The van der Waals surface area contributed by atoms with Crippen LogP contribution in [0.15, 0.2) is 36.5 Å². The molecule has 0 rings (SSSR count). The molecule has 8 nitrogen and oxygen atoms in total. The van der Waals surface area contributed by atoms with Crippen LogP contribution in [0.1, 0.15) is 168 Å². The van der Waals surface area contributed by atoms with E-state index in [1.54, 1.807) is 0 Å². The van der Waals surface area contributed by atoms with E-state index in [0.29, 0.717) is 24.1 Å². The average Bonchev–Trinajstić information content (AvgIpc) is 3.08. The predicted octanol–water partition coefficient (Wildman–Crippen LogP) is 11.2. The minimum atomic E-state index is -4.52. The first-order chi connectivity index (χ1) is 24.6. The van der Waals surface area contributed by atoms with E-state index in [-0.39, 0.29) is 25.8 Å². The number of phosphoric acid groups is 1. The summed E-state index contributed by atoms with van der Waals surface area (Å²) >= 11 is 0. The highest BCUT2D eigenvalue weighted by Crippen LogP contribution is 2.38. The van der Waals surface area contributed by atoms with Gasteiger partial charge in [-0.2, -0.15) is 0 Å². The van der Waals surface area contributed by atoms with Gasteiger partial charge in [0.2, 0.25) is 0 Å². The summed E-state index contributed by atoms with van der Waals surface area (Å²) in [4.78, 5) is 25.0. The van der Waals surface area contributed by atoms with E-state index in [4.69, 9.17) is 18.5 Å². The van der Waals surface area contributed by atoms with Gasteiger partial charge in [0, 0.05) is 13.0 Å². The third-order valence-electron chi connectivity index (χ3n) is 8.64. The van der Waals surface area contributed by atoms with Crippen LogP contribution in [0.4, 0.5) is 0 Å². The Labute approximate surface area is 315 Å². The maximum Gasteiger partial charge on any atom is 0.306 e. The standard InChI is InChI=1S/C42H80NO7P/c1-6-8-10-12-14-16-18-20-22-23-25-27-29-31-33-35-42(44)50-41(40-49-51(45,46)48-38-36-43(3,4)5)39-47-37-34-32-30-28-26-24-21-19-17-15-13-11-9-7-2/h11,13,17,19-20,22,41H,6-10,12,14-16,18,21,23-40H2,1-5H3/b13-11-,19-17-,22-20-. The second-order valence-electron chi connectivity index (χ2n) is 15.0. The lowest BCUT2D eigenvalue weighted by molar-refractivity contribution is -0.870. The first-order valence-electron chi connectivity index (χ1n) is 20.7. The SMILES string of the molecule is CCC/C=C\C/C=C\CCCCCCCCOCC(COP(=O)([O-])OCC[N+](C)(C)C)OC(=O)CCCCCCC/C=C\CCCCCCCC. The summed E-state index contributed by atoms with van der Waals surface area (Å²) in [6.45, 7) is 5.30. The minimum absolute atomic E-state index is 0.0220. The number of likely N-dealkylation sites (N-methyl/N-ethyl adjacent to an activating group) is 1. The van der Waals surface area contributed by atoms with E-state index in [1.807, 2.05) is 21.1 Å². The number of hydrogen-bond acceptors (Lipinski definition) is 7. The summed E-state index contributed by atoms with van der Waals surface area (Å²) in [6.07, 6.45) is 40.0. The largest absolute Gasteiger partial charge is 0.756 e. The fourth-order valence-electron chi connectivity index (χ4n) is 5.40. The highest BCUT2D eigenvalue weighted by Gasteiger charge is 2.20. The zero-order valence-corrected chi connectivity index (χ0v) is 34.7. The molecular weight excluding hydrogens is 661 g/mol. The van der Waals surface area contributed by atoms with Crippen LogP contribution in [0, 0.1) is 0 Å². The molecule has 51 heavy (non-hydrogen) atoms. The topological polar surface area (TPSA) is 94.1 Å². The quantitative estimate of drug-likeness (QED) is 0.0204. The molecule has 0 bridgehead atoms. The molecule has 0 aliphatic heterocycles. The highest BCUT2D eigenvalue weighted by molar-refractivity contribution is 7.45. The molecule has 0 amide bonds. The lowest BCUT2D eigenvalue weighted by Crippen LogP contribution is -2.37. The summed E-state index contributed by atoms with van der Waals surface area (Å²) in [5.41, 5.74) is 0. The molecule has 0 aliphatic carbocycles. The van der Waals surface area contributed by atoms with Crippen LogP contribution in [0.2, 0.25) is 0 Å². The van der Waals surface area contributed by atoms with Gasteiger partial charge in [0.05, 0.1) is 34.4 Å². The molecule has 0 fully saturated rings. The van der Waals surface area contributed by atoms with E-state index in [0.717, 1.165) is 70.6 Å². The molecule has 0 N–H and O–H groups in total. The number of esters is 1. The Balaban J connectivity index is 4.30. The van der Waals surface area contributed by atoms with Crippen molar-refractivity contribution in [1.29, 1.82) is 0 Å². The molecule has 0 saturated heterocycles. The van der Waals surface area contributed by atoms with Crippen molar-refractivity contribution >= 4 is 13.8 Å². The number of ether oxygens (including phenoxy) is 2. The van der Waals surface area contributed by atoms with E-state index in [1.165, 1.54) is 77.0 Å². The van der Waals surface area contributed by atoms with Gasteiger partial charge in [-0.15, -0.1) is 0 Å². The Morgan fingerprint density at radius 3 is 1.69 bits per heavy atom. The van der Waals surface area contributed by atoms with Gasteiger partial charge in [0.1, 0.15) is 19.3 Å². The molecule has 0 spiro atoms. The Kier molecular flexibility index (Phi) is 34.8. The molecule has 2 unspecified atom stereocenters. The zero-order valence-electron chi connectivity index (χ0n) is 33.8. The lowest BCUT2D eigenvalue weighted by Gasteiger charge is -2.28. The number of unbranched alkanes of at least 4 members (excludes halogenated alkanes) is 18. The third kappa shape index (κ3) is 39.8. The van der Waals surface area contributed by atoms with Gasteiger partial charge in [-0.05, 0) is 64.2 Å². The molecule has 2 atom stereocenters. The molecule has 0 heterocycles. The molecule has 9 heteroatoms. The van der Waals surface area contributed by atoms with E-state index < -0.39 is 13.9 Å². The van der Waals surface area contributed by atoms with E-state index in [2.05, 4.69) is 50.3 Å². The van der Waals surface area contributed by atoms with Crippen LogP contribution in [0.25, 0.3) is 0 Å². The van der Waals surface area contributed by atoms with Gasteiger partial charge in [-0.3, -0.25) is 9.36 Å². The second-order valence-corrected chi connectivity index (χ2v) is 16.4. The minimum Gasteiger partial charge on any atom is -0.756 e. The Morgan fingerprint density at radius 1 is 0.608 bits per heavy atom. The molecule has 0 aromatic rings. The Morgan fingerprint density at radius 2 is 1.12 bits per heavy atom. The fourth-order valence-corrected chi connectivity index (χ4v) is 6.13. The lowest BCUT2D eigenvalue weighted by atomic mass is 10.1. The number of carbonyl (C=O) groups excluding carboxylic acids is 1. The predicted molar refractivity (Wildman–Crippen MR) is 213 cm³/mol. The van der Waals surface area contributed by atoms with Gasteiger partial charge in [0.25, 0.3) is 7.82 Å². The Bertz CT molecular complexity index is 915. The van der Waals surface area contributed by atoms with Crippen molar-refractivity contribution in [3.63, 3.8) is 0 Å². The van der Waals surface area contributed by atoms with Crippen LogP contribution in [0.5, 0.6) is 0 Å². The number of nitrogens with zero attached hydrogens (tertiary/aromatic N) is 1. The van der Waals surface area contributed by atoms with Crippen molar-refractivity contribution in [2.75, 3.05) is 54.1 Å². The normalized spacial score (nSPS) is 14.2. The fraction of sp³-hybridized carbons (Fsp3) is 0.833. The highest BCUT2D eigenvalue weighted by atomic mass is 31.2. The summed E-state index contributed by atoms with van der Waals surface area (Å²) in [6, 6.07) is 0. The molecule has 0 aliphatic rings. The smallest absolute Gasteiger partial charge is 0.306 e. The third-order valence-corrected chi connectivity index (χ3v) is 9.61. The van der Waals surface area contributed by atoms with Crippen LogP contribution in [-0.2, 0) is 27.9 Å². The van der Waals surface area contributed by atoms with Gasteiger partial charge >= 0.3 is 5.97 Å². The van der Waals surface area contributed by atoms with Crippen LogP contribution in [-0.4, -0.2) is 70.7 Å². The first kappa shape index (κ1) is 49.7. The number of phosphoric ester groups is 1. The molecule has 300 valence electrons. The van der Waals surface area contributed by atoms with E-state index >= 15 is 0 Å². The number of quaternary nitrogens is 1. The molecule has 0 radical (unpaired) electrons. The van der Waals surface area contributed by atoms with Crippen LogP contribution in [0.3, 0.4) is 0 Å². The zero-order chi connectivity index (χ0) is 37.7. The number of carbonyl (C=O) groups is 1. The maximum absolute atomic E-state index is 12.6. The Hall–Kier alpha value is -1.28. The molecular formula is C42H80NO7P. The van der Waals surface area contributed by atoms with Gasteiger partial charge in [-0.25, -0.2) is 0 Å². The van der Waals surface area contributed by atoms with E-state index in [9.17, 15) is 14.3 Å². The monoisotopic (exact) mass is 742 g/mol. The summed E-state index contributed by atoms with van der Waals surface area (Å²) in [5, 5.41) is 0. The van der Waals surface area contributed by atoms with Crippen molar-refractivity contribution in [2.45, 2.75) is 174 Å². The summed E-state index contributed by atoms with van der Waals surface area (Å²) in [7, 11) is 1.34. The molecule has 0 aromatic carbocycles. The van der Waals surface area contributed by atoms with Crippen molar-refractivity contribution < 1.29 is 37.3 Å². The molecule has 0 aromatic heterocycles. The number of hydrogen-bond donors (Lipinski definition) is 0. The van der Waals surface area contributed by atoms with Crippen molar-refractivity contribution in [3.05, 3.63) is 36.5 Å². The van der Waals surface area contributed by atoms with Crippen molar-refractivity contribution in [1.82, 2.24) is 0 Å². The maximum atomic E-state index is 12.6. The summed E-state index contributed by atoms with van der Waals surface area (Å²) < 4.78 is 34.5. The number of allylic oxidation sites excluding steroid dienone is 6. The summed E-state index contributed by atoms with van der Waals surface area (Å²) in [5.74, 6) is -0.348. The van der Waals surface area contributed by atoms with Gasteiger partial charge in [0.15, 0.2) is 0 Å². The number of rotatable bonds is 38. The molecule has 0 saturated carbocycles. The first-order valence-corrected chi connectivity index (χ1v) is 22.2.